The Kier molecular flexibility index (Phi) is 4.78. The minimum Gasteiger partial charge on any atom is -0.494 e. The smallest absolute Gasteiger partial charge is 0.119 e. The molecule has 2 fully saturated rings. The van der Waals surface area contributed by atoms with Crippen molar-refractivity contribution in [3.63, 3.8) is 0 Å². The Labute approximate surface area is 126 Å². The van der Waals surface area contributed by atoms with E-state index in [2.05, 4.69) is 11.8 Å². The van der Waals surface area contributed by atoms with Gasteiger partial charge in [0.05, 0.1) is 13.2 Å². The van der Waals surface area contributed by atoms with Gasteiger partial charge in [-0.15, -0.1) is 0 Å². The standard InChI is InChI=1S/C17H25NO3/c1-2-10-20-15-7-5-13(6-8-15)17(19)16-11-18-9-3-4-14(18)12-21-16/h5-8,14,16-17,19H,2-4,9-12H2,1H3. The second kappa shape index (κ2) is 6.77. The molecule has 116 valence electrons. The summed E-state index contributed by atoms with van der Waals surface area (Å²) in [5.74, 6) is 0.858. The monoisotopic (exact) mass is 291 g/mol. The zero-order chi connectivity index (χ0) is 14.7. The lowest BCUT2D eigenvalue weighted by Gasteiger charge is -2.37. The Hall–Kier alpha value is -1.10. The van der Waals surface area contributed by atoms with Gasteiger partial charge in [0.2, 0.25) is 0 Å². The highest BCUT2D eigenvalue weighted by Crippen LogP contribution is 2.29. The molecule has 21 heavy (non-hydrogen) atoms. The molecule has 1 aromatic rings. The minimum atomic E-state index is -0.563. The fourth-order valence-corrected chi connectivity index (χ4v) is 3.23. The van der Waals surface area contributed by atoms with E-state index < -0.39 is 6.10 Å². The predicted molar refractivity (Wildman–Crippen MR) is 81.5 cm³/mol. The lowest BCUT2D eigenvalue weighted by atomic mass is 10.0. The van der Waals surface area contributed by atoms with Crippen molar-refractivity contribution in [3.8, 4) is 5.75 Å². The molecule has 2 aliphatic rings. The highest BCUT2D eigenvalue weighted by molar-refractivity contribution is 5.29. The fourth-order valence-electron chi connectivity index (χ4n) is 3.23. The maximum atomic E-state index is 10.5. The quantitative estimate of drug-likeness (QED) is 0.904. The Morgan fingerprint density at radius 3 is 2.95 bits per heavy atom. The zero-order valence-electron chi connectivity index (χ0n) is 12.7. The van der Waals surface area contributed by atoms with E-state index in [1.807, 2.05) is 24.3 Å². The third-order valence-corrected chi connectivity index (χ3v) is 4.46. The normalized spacial score (nSPS) is 27.3. The Bertz CT molecular complexity index is 448. The molecular weight excluding hydrogens is 266 g/mol. The van der Waals surface area contributed by atoms with Crippen LogP contribution in [0.2, 0.25) is 0 Å². The van der Waals surface area contributed by atoms with Crippen LogP contribution in [0.4, 0.5) is 0 Å². The molecule has 2 aliphatic heterocycles. The van der Waals surface area contributed by atoms with Crippen LogP contribution in [0.5, 0.6) is 5.75 Å². The summed E-state index contributed by atoms with van der Waals surface area (Å²) in [5.41, 5.74) is 0.904. The van der Waals surface area contributed by atoms with Crippen LogP contribution in [-0.4, -0.2) is 48.5 Å². The van der Waals surface area contributed by atoms with Crippen molar-refractivity contribution in [2.75, 3.05) is 26.3 Å². The minimum absolute atomic E-state index is 0.123. The first kappa shape index (κ1) is 14.8. The molecule has 0 aliphatic carbocycles. The lowest BCUT2D eigenvalue weighted by molar-refractivity contribution is -0.103. The van der Waals surface area contributed by atoms with E-state index in [1.54, 1.807) is 0 Å². The summed E-state index contributed by atoms with van der Waals surface area (Å²) in [7, 11) is 0. The third kappa shape index (κ3) is 3.39. The Morgan fingerprint density at radius 2 is 2.19 bits per heavy atom. The van der Waals surface area contributed by atoms with Crippen molar-refractivity contribution in [2.45, 2.75) is 44.4 Å². The maximum Gasteiger partial charge on any atom is 0.119 e. The van der Waals surface area contributed by atoms with Crippen LogP contribution in [0.1, 0.15) is 37.9 Å². The van der Waals surface area contributed by atoms with Gasteiger partial charge in [-0.05, 0) is 43.5 Å². The van der Waals surface area contributed by atoms with E-state index in [1.165, 1.54) is 12.8 Å². The van der Waals surface area contributed by atoms with E-state index in [0.29, 0.717) is 6.04 Å². The van der Waals surface area contributed by atoms with Crippen LogP contribution in [0.25, 0.3) is 0 Å². The van der Waals surface area contributed by atoms with Crippen molar-refractivity contribution in [2.24, 2.45) is 0 Å². The van der Waals surface area contributed by atoms with Crippen molar-refractivity contribution >= 4 is 0 Å². The van der Waals surface area contributed by atoms with Gasteiger partial charge in [-0.3, -0.25) is 4.90 Å². The first-order valence-corrected chi connectivity index (χ1v) is 8.04. The molecule has 2 saturated heterocycles. The van der Waals surface area contributed by atoms with Crippen molar-refractivity contribution in [3.05, 3.63) is 29.8 Å². The van der Waals surface area contributed by atoms with E-state index >= 15 is 0 Å². The number of benzene rings is 1. The van der Waals surface area contributed by atoms with Gasteiger partial charge in [0.15, 0.2) is 0 Å². The molecule has 0 saturated carbocycles. The number of rotatable bonds is 5. The van der Waals surface area contributed by atoms with Crippen molar-refractivity contribution < 1.29 is 14.6 Å². The molecule has 0 radical (unpaired) electrons. The van der Waals surface area contributed by atoms with Crippen molar-refractivity contribution in [1.82, 2.24) is 4.90 Å². The predicted octanol–water partition coefficient (Wildman–Crippen LogP) is 2.37. The molecule has 0 bridgehead atoms. The SMILES string of the molecule is CCCOc1ccc(C(O)C2CN3CCCC3CO2)cc1. The summed E-state index contributed by atoms with van der Waals surface area (Å²) < 4.78 is 11.5. The number of nitrogens with zero attached hydrogens (tertiary/aromatic N) is 1. The summed E-state index contributed by atoms with van der Waals surface area (Å²) >= 11 is 0. The van der Waals surface area contributed by atoms with Crippen LogP contribution in [0, 0.1) is 0 Å². The van der Waals surface area contributed by atoms with E-state index in [-0.39, 0.29) is 6.10 Å². The number of morpholine rings is 1. The number of ether oxygens (including phenoxy) is 2. The highest BCUT2D eigenvalue weighted by Gasteiger charge is 2.35. The number of aliphatic hydroxyl groups excluding tert-OH is 1. The molecule has 1 aromatic carbocycles. The number of hydrogen-bond donors (Lipinski definition) is 1. The molecule has 0 amide bonds. The molecule has 0 aromatic heterocycles. The first-order valence-electron chi connectivity index (χ1n) is 8.04. The van der Waals surface area contributed by atoms with Gasteiger partial charge < -0.3 is 14.6 Å². The molecule has 3 rings (SSSR count). The van der Waals surface area contributed by atoms with Crippen LogP contribution < -0.4 is 4.74 Å². The fraction of sp³-hybridized carbons (Fsp3) is 0.647. The summed E-state index contributed by atoms with van der Waals surface area (Å²) in [5, 5.41) is 10.5. The lowest BCUT2D eigenvalue weighted by Crippen LogP contribution is -2.48. The van der Waals surface area contributed by atoms with Gasteiger partial charge >= 0.3 is 0 Å². The molecular formula is C17H25NO3. The van der Waals surface area contributed by atoms with Crippen LogP contribution in [0.3, 0.4) is 0 Å². The number of hydrogen-bond acceptors (Lipinski definition) is 4. The van der Waals surface area contributed by atoms with Crippen LogP contribution in [-0.2, 0) is 4.74 Å². The maximum absolute atomic E-state index is 10.5. The van der Waals surface area contributed by atoms with E-state index in [0.717, 1.165) is 44.0 Å². The molecule has 1 N–H and O–H groups in total. The number of aliphatic hydroxyl groups is 1. The zero-order valence-corrected chi connectivity index (χ0v) is 12.7. The highest BCUT2D eigenvalue weighted by atomic mass is 16.5. The molecule has 0 spiro atoms. The van der Waals surface area contributed by atoms with Gasteiger partial charge in [0.25, 0.3) is 0 Å². The average Bonchev–Trinajstić information content (AvgIpc) is 3.00. The molecule has 4 heteroatoms. The average molecular weight is 291 g/mol. The second-order valence-electron chi connectivity index (χ2n) is 6.03. The molecule has 3 atom stereocenters. The second-order valence-corrected chi connectivity index (χ2v) is 6.03. The third-order valence-electron chi connectivity index (χ3n) is 4.46. The largest absolute Gasteiger partial charge is 0.494 e. The molecule has 3 unspecified atom stereocenters. The topological polar surface area (TPSA) is 41.9 Å². The van der Waals surface area contributed by atoms with Crippen molar-refractivity contribution in [1.29, 1.82) is 0 Å². The summed E-state index contributed by atoms with van der Waals surface area (Å²) in [4.78, 5) is 2.45. The van der Waals surface area contributed by atoms with Gasteiger partial charge in [0.1, 0.15) is 18.0 Å². The summed E-state index contributed by atoms with van der Waals surface area (Å²) in [6, 6.07) is 8.30. The Balaban J connectivity index is 1.60. The van der Waals surface area contributed by atoms with Gasteiger partial charge in [0, 0.05) is 12.6 Å². The van der Waals surface area contributed by atoms with Crippen LogP contribution in [0.15, 0.2) is 24.3 Å². The van der Waals surface area contributed by atoms with E-state index in [9.17, 15) is 5.11 Å². The first-order chi connectivity index (χ1) is 10.3. The summed E-state index contributed by atoms with van der Waals surface area (Å²) in [6.07, 6.45) is 2.79. The van der Waals surface area contributed by atoms with Gasteiger partial charge in [-0.1, -0.05) is 19.1 Å². The van der Waals surface area contributed by atoms with Gasteiger partial charge in [-0.25, -0.2) is 0 Å². The molecule has 2 heterocycles. The van der Waals surface area contributed by atoms with Crippen LogP contribution >= 0.6 is 0 Å². The Morgan fingerprint density at radius 1 is 1.38 bits per heavy atom. The summed E-state index contributed by atoms with van der Waals surface area (Å²) in [6.45, 7) is 5.54. The molecule has 4 nitrogen and oxygen atoms in total. The van der Waals surface area contributed by atoms with E-state index in [4.69, 9.17) is 9.47 Å². The van der Waals surface area contributed by atoms with Gasteiger partial charge in [-0.2, -0.15) is 0 Å². The number of fused-ring (bicyclic) bond motifs is 1.